The largest absolute Gasteiger partial charge is 0.345 e. The molecule has 0 unspecified atom stereocenters. The monoisotopic (exact) mass is 376 g/mol. The molecule has 1 aliphatic heterocycles. The molecule has 1 saturated heterocycles. The average molecular weight is 376 g/mol. The molecule has 3 aromatic rings. The molecular weight excluding hydrogens is 356 g/mol. The second-order valence-corrected chi connectivity index (χ2v) is 7.91. The number of thiazole rings is 1. The number of hydrogen-bond acceptors (Lipinski definition) is 5. The summed E-state index contributed by atoms with van der Waals surface area (Å²) in [6, 6.07) is 13.3. The van der Waals surface area contributed by atoms with Crippen LogP contribution in [-0.2, 0) is 0 Å². The van der Waals surface area contributed by atoms with Gasteiger partial charge in [0.25, 0.3) is 5.91 Å². The Balaban J connectivity index is 1.48. The Hall–Kier alpha value is -2.91. The number of benzene rings is 2. The number of piperazine rings is 1. The first kappa shape index (κ1) is 17.5. The van der Waals surface area contributed by atoms with E-state index in [1.807, 2.05) is 4.90 Å². The zero-order valence-corrected chi connectivity index (χ0v) is 16.2. The van der Waals surface area contributed by atoms with Crippen molar-refractivity contribution in [3.8, 4) is 6.07 Å². The topological polar surface area (TPSA) is 60.2 Å². The Morgan fingerprint density at radius 1 is 1.15 bits per heavy atom. The molecule has 2 heterocycles. The van der Waals surface area contributed by atoms with E-state index in [1.54, 1.807) is 35.6 Å². The highest BCUT2D eigenvalue weighted by Crippen LogP contribution is 2.32. The van der Waals surface area contributed by atoms with Crippen LogP contribution in [0.1, 0.15) is 27.0 Å². The molecule has 4 rings (SSSR count). The Kier molecular flexibility index (Phi) is 4.54. The summed E-state index contributed by atoms with van der Waals surface area (Å²) in [6.07, 6.45) is 0. The molecule has 6 heteroatoms. The number of anilines is 1. The van der Waals surface area contributed by atoms with Crippen molar-refractivity contribution in [1.29, 1.82) is 5.26 Å². The van der Waals surface area contributed by atoms with Gasteiger partial charge in [-0.15, -0.1) is 0 Å². The van der Waals surface area contributed by atoms with Gasteiger partial charge < -0.3 is 9.80 Å². The van der Waals surface area contributed by atoms with Crippen molar-refractivity contribution in [2.24, 2.45) is 0 Å². The third kappa shape index (κ3) is 3.38. The van der Waals surface area contributed by atoms with Gasteiger partial charge in [-0.05, 0) is 49.2 Å². The normalized spacial score (nSPS) is 14.4. The second kappa shape index (κ2) is 7.01. The molecule has 5 nitrogen and oxygen atoms in total. The van der Waals surface area contributed by atoms with Crippen molar-refractivity contribution in [3.05, 3.63) is 58.7 Å². The van der Waals surface area contributed by atoms with Crippen LogP contribution in [0.25, 0.3) is 10.2 Å². The minimum Gasteiger partial charge on any atom is -0.345 e. The van der Waals surface area contributed by atoms with Crippen molar-refractivity contribution in [2.75, 3.05) is 31.1 Å². The summed E-state index contributed by atoms with van der Waals surface area (Å²) in [5.74, 6) is -0.0116. The number of hydrogen-bond donors (Lipinski definition) is 0. The molecule has 0 bridgehead atoms. The molecule has 0 N–H and O–H groups in total. The summed E-state index contributed by atoms with van der Waals surface area (Å²) < 4.78 is 1.22. The number of nitrogens with zero attached hydrogens (tertiary/aromatic N) is 4. The van der Waals surface area contributed by atoms with Gasteiger partial charge >= 0.3 is 0 Å². The first-order valence-electron chi connectivity index (χ1n) is 8.97. The number of aromatic nitrogens is 1. The fourth-order valence-corrected chi connectivity index (χ4v) is 4.69. The maximum atomic E-state index is 12.7. The van der Waals surface area contributed by atoms with E-state index < -0.39 is 0 Å². The standard InChI is InChI=1S/C21H20N4OS/c1-14-10-15(2)19-18(11-14)27-21(23-19)25-8-6-24(7-9-25)20(26)17-5-3-4-16(12-17)13-22/h3-5,10-12H,6-9H2,1-2H3. The first-order chi connectivity index (χ1) is 13.0. The molecule has 0 radical (unpaired) electrons. The van der Waals surface area contributed by atoms with Gasteiger partial charge in [0.1, 0.15) is 0 Å². The van der Waals surface area contributed by atoms with Gasteiger partial charge in [0, 0.05) is 31.7 Å². The van der Waals surface area contributed by atoms with E-state index in [-0.39, 0.29) is 5.91 Å². The smallest absolute Gasteiger partial charge is 0.254 e. The summed E-state index contributed by atoms with van der Waals surface area (Å²) in [5.41, 5.74) is 4.63. The number of fused-ring (bicyclic) bond motifs is 1. The number of aryl methyl sites for hydroxylation is 2. The lowest BCUT2D eigenvalue weighted by molar-refractivity contribution is 0.0746. The molecule has 0 saturated carbocycles. The Morgan fingerprint density at radius 3 is 2.67 bits per heavy atom. The van der Waals surface area contributed by atoms with Gasteiger partial charge in [-0.25, -0.2) is 4.98 Å². The first-order valence-corrected chi connectivity index (χ1v) is 9.79. The maximum Gasteiger partial charge on any atom is 0.254 e. The number of nitriles is 1. The van der Waals surface area contributed by atoms with Crippen molar-refractivity contribution in [2.45, 2.75) is 13.8 Å². The molecule has 0 spiro atoms. The SMILES string of the molecule is Cc1cc(C)c2nc(N3CCN(C(=O)c4cccc(C#N)c4)CC3)sc2c1. The quantitative estimate of drug-likeness (QED) is 0.683. The predicted octanol–water partition coefficient (Wildman–Crippen LogP) is 3.75. The number of carbonyl (C=O) groups excluding carboxylic acids is 1. The molecular formula is C21H20N4OS. The van der Waals surface area contributed by atoms with Gasteiger partial charge in [-0.3, -0.25) is 4.79 Å². The van der Waals surface area contributed by atoms with Crippen LogP contribution >= 0.6 is 11.3 Å². The maximum absolute atomic E-state index is 12.7. The van der Waals surface area contributed by atoms with Crippen LogP contribution in [-0.4, -0.2) is 42.0 Å². The lowest BCUT2D eigenvalue weighted by Crippen LogP contribution is -2.48. The molecule has 27 heavy (non-hydrogen) atoms. The lowest BCUT2D eigenvalue weighted by Gasteiger charge is -2.34. The summed E-state index contributed by atoms with van der Waals surface area (Å²) in [4.78, 5) is 21.7. The summed E-state index contributed by atoms with van der Waals surface area (Å²) >= 11 is 1.72. The van der Waals surface area contributed by atoms with Crippen molar-refractivity contribution in [1.82, 2.24) is 9.88 Å². The Labute approximate surface area is 162 Å². The molecule has 1 aliphatic rings. The van der Waals surface area contributed by atoms with Crippen LogP contribution in [0.5, 0.6) is 0 Å². The molecule has 1 amide bonds. The second-order valence-electron chi connectivity index (χ2n) is 6.90. The highest BCUT2D eigenvalue weighted by atomic mass is 32.1. The van der Waals surface area contributed by atoms with Crippen LogP contribution < -0.4 is 4.90 Å². The molecule has 136 valence electrons. The van der Waals surface area contributed by atoms with Gasteiger partial charge in [-0.2, -0.15) is 5.26 Å². The third-order valence-corrected chi connectivity index (χ3v) is 5.96. The summed E-state index contributed by atoms with van der Waals surface area (Å²) in [5, 5.41) is 10.0. The fraction of sp³-hybridized carbons (Fsp3) is 0.286. The predicted molar refractivity (Wildman–Crippen MR) is 108 cm³/mol. The Bertz CT molecular complexity index is 1060. The van der Waals surface area contributed by atoms with Gasteiger partial charge in [0.05, 0.1) is 21.8 Å². The van der Waals surface area contributed by atoms with E-state index >= 15 is 0 Å². The Morgan fingerprint density at radius 2 is 1.93 bits per heavy atom. The van der Waals surface area contributed by atoms with Crippen LogP contribution in [0.15, 0.2) is 36.4 Å². The molecule has 0 aliphatic carbocycles. The van der Waals surface area contributed by atoms with E-state index in [0.29, 0.717) is 24.2 Å². The van der Waals surface area contributed by atoms with E-state index in [9.17, 15) is 4.79 Å². The number of rotatable bonds is 2. The van der Waals surface area contributed by atoms with Crippen LogP contribution in [0.2, 0.25) is 0 Å². The number of amides is 1. The summed E-state index contributed by atoms with van der Waals surface area (Å²) in [7, 11) is 0. The zero-order chi connectivity index (χ0) is 19.0. The lowest BCUT2D eigenvalue weighted by atomic mass is 10.1. The van der Waals surface area contributed by atoms with Crippen molar-refractivity contribution >= 4 is 32.6 Å². The van der Waals surface area contributed by atoms with E-state index in [2.05, 4.69) is 36.9 Å². The van der Waals surface area contributed by atoms with Crippen LogP contribution in [0, 0.1) is 25.2 Å². The zero-order valence-electron chi connectivity index (χ0n) is 15.4. The van der Waals surface area contributed by atoms with Crippen molar-refractivity contribution in [3.63, 3.8) is 0 Å². The molecule has 0 atom stereocenters. The minimum atomic E-state index is -0.0116. The number of carbonyl (C=O) groups is 1. The van der Waals surface area contributed by atoms with Crippen molar-refractivity contribution < 1.29 is 4.79 Å². The van der Waals surface area contributed by atoms with Gasteiger partial charge in [0.2, 0.25) is 0 Å². The summed E-state index contributed by atoms with van der Waals surface area (Å²) in [6.45, 7) is 7.05. The average Bonchev–Trinajstić information content (AvgIpc) is 3.12. The van der Waals surface area contributed by atoms with Crippen LogP contribution in [0.4, 0.5) is 5.13 Å². The van der Waals surface area contributed by atoms with Crippen LogP contribution in [0.3, 0.4) is 0 Å². The van der Waals surface area contributed by atoms with E-state index in [0.717, 1.165) is 23.7 Å². The fourth-order valence-electron chi connectivity index (χ4n) is 3.50. The highest BCUT2D eigenvalue weighted by molar-refractivity contribution is 7.22. The van der Waals surface area contributed by atoms with Gasteiger partial charge in [0.15, 0.2) is 5.13 Å². The molecule has 2 aromatic carbocycles. The highest BCUT2D eigenvalue weighted by Gasteiger charge is 2.24. The van der Waals surface area contributed by atoms with E-state index in [1.165, 1.54) is 15.8 Å². The van der Waals surface area contributed by atoms with E-state index in [4.69, 9.17) is 10.2 Å². The minimum absolute atomic E-state index is 0.0116. The van der Waals surface area contributed by atoms with Gasteiger partial charge in [-0.1, -0.05) is 23.5 Å². The third-order valence-electron chi connectivity index (χ3n) is 4.89. The molecule has 1 aromatic heterocycles. The molecule has 1 fully saturated rings.